The van der Waals surface area contributed by atoms with Crippen molar-refractivity contribution in [2.45, 2.75) is 26.7 Å². The maximum absolute atomic E-state index is 12.8. The summed E-state index contributed by atoms with van der Waals surface area (Å²) < 4.78 is 24.0. The minimum absolute atomic E-state index is 0.117. The highest BCUT2D eigenvalue weighted by Gasteiger charge is 2.14. The average Bonchev–Trinajstić information content (AvgIpc) is 3.04. The van der Waals surface area contributed by atoms with Crippen LogP contribution in [0, 0.1) is 19.7 Å². The number of amides is 1. The summed E-state index contributed by atoms with van der Waals surface area (Å²) in [5, 5.41) is 2.85. The second-order valence-corrected chi connectivity index (χ2v) is 6.57. The van der Waals surface area contributed by atoms with Crippen molar-refractivity contribution in [3.05, 3.63) is 71.4 Å². The van der Waals surface area contributed by atoms with Crippen molar-refractivity contribution in [3.8, 4) is 17.2 Å². The van der Waals surface area contributed by atoms with Crippen LogP contribution in [0.3, 0.4) is 0 Å². The summed E-state index contributed by atoms with van der Waals surface area (Å²) >= 11 is 0. The van der Waals surface area contributed by atoms with E-state index in [2.05, 4.69) is 10.3 Å². The maximum Gasteiger partial charge on any atom is 0.226 e. The van der Waals surface area contributed by atoms with Gasteiger partial charge in [-0.2, -0.15) is 0 Å². The van der Waals surface area contributed by atoms with Gasteiger partial charge in [-0.1, -0.05) is 17.7 Å². The Morgan fingerprint density at radius 2 is 1.82 bits per heavy atom. The Hall–Kier alpha value is -3.15. The Morgan fingerprint density at radius 3 is 2.54 bits per heavy atom. The van der Waals surface area contributed by atoms with Gasteiger partial charge in [0.2, 0.25) is 11.8 Å². The molecule has 0 spiro atoms. The molecule has 1 heterocycles. The molecule has 1 N–H and O–H groups in total. The molecule has 0 aliphatic rings. The zero-order chi connectivity index (χ0) is 19.9. The van der Waals surface area contributed by atoms with Crippen LogP contribution >= 0.6 is 0 Å². The van der Waals surface area contributed by atoms with Crippen LogP contribution in [0.1, 0.15) is 23.4 Å². The largest absolute Gasteiger partial charge is 0.494 e. The van der Waals surface area contributed by atoms with E-state index in [-0.39, 0.29) is 18.1 Å². The van der Waals surface area contributed by atoms with Gasteiger partial charge in [0.1, 0.15) is 17.3 Å². The van der Waals surface area contributed by atoms with Gasteiger partial charge in [-0.05, 0) is 56.7 Å². The van der Waals surface area contributed by atoms with Crippen molar-refractivity contribution < 1.29 is 18.3 Å². The fourth-order valence-corrected chi connectivity index (χ4v) is 2.65. The minimum Gasteiger partial charge on any atom is -0.494 e. The number of benzene rings is 2. The van der Waals surface area contributed by atoms with E-state index in [0.717, 1.165) is 11.1 Å². The van der Waals surface area contributed by atoms with E-state index in [9.17, 15) is 9.18 Å². The Labute approximate surface area is 163 Å². The first kappa shape index (κ1) is 19.6. The maximum atomic E-state index is 12.8. The van der Waals surface area contributed by atoms with E-state index in [4.69, 9.17) is 9.15 Å². The second-order valence-electron chi connectivity index (χ2n) is 6.57. The molecule has 0 atom stereocenters. The Kier molecular flexibility index (Phi) is 6.42. The lowest BCUT2D eigenvalue weighted by Gasteiger charge is -2.07. The number of ether oxygens (including phenoxy) is 1. The molecule has 28 heavy (non-hydrogen) atoms. The molecule has 0 bridgehead atoms. The molecule has 3 aromatic rings. The Balaban J connectivity index is 1.43. The molecule has 3 rings (SSSR count). The highest BCUT2D eigenvalue weighted by atomic mass is 19.1. The molecule has 0 fully saturated rings. The van der Waals surface area contributed by atoms with Crippen molar-refractivity contribution in [2.75, 3.05) is 13.2 Å². The lowest BCUT2D eigenvalue weighted by Crippen LogP contribution is -2.27. The lowest BCUT2D eigenvalue weighted by molar-refractivity contribution is -0.120. The smallest absolute Gasteiger partial charge is 0.226 e. The number of hydrogen-bond acceptors (Lipinski definition) is 4. The van der Waals surface area contributed by atoms with E-state index in [1.165, 1.54) is 12.1 Å². The van der Waals surface area contributed by atoms with E-state index < -0.39 is 0 Å². The number of carbonyl (C=O) groups excluding carboxylic acids is 1. The topological polar surface area (TPSA) is 64.4 Å². The van der Waals surface area contributed by atoms with Gasteiger partial charge in [0, 0.05) is 12.1 Å². The fraction of sp³-hybridized carbons (Fsp3) is 0.273. The van der Waals surface area contributed by atoms with Gasteiger partial charge in [0.15, 0.2) is 0 Å². The molecule has 1 amide bonds. The van der Waals surface area contributed by atoms with E-state index in [1.54, 1.807) is 12.1 Å². The normalized spacial score (nSPS) is 10.7. The Bertz CT molecular complexity index is 918. The molecule has 0 unspecified atom stereocenters. The van der Waals surface area contributed by atoms with Gasteiger partial charge in [-0.3, -0.25) is 4.79 Å². The molecule has 6 heteroatoms. The molecule has 0 radical (unpaired) electrons. The molecule has 146 valence electrons. The number of nitrogens with zero attached hydrogens (tertiary/aromatic N) is 1. The number of nitrogens with one attached hydrogen (secondary N) is 1. The van der Waals surface area contributed by atoms with Gasteiger partial charge in [0.05, 0.1) is 18.7 Å². The van der Waals surface area contributed by atoms with Crippen LogP contribution in [0.2, 0.25) is 0 Å². The van der Waals surface area contributed by atoms with E-state index in [1.807, 2.05) is 38.1 Å². The number of aryl methyl sites for hydroxylation is 2. The highest BCUT2D eigenvalue weighted by Crippen LogP contribution is 2.22. The van der Waals surface area contributed by atoms with Crippen LogP contribution in [0.25, 0.3) is 11.5 Å². The Morgan fingerprint density at radius 1 is 1.11 bits per heavy atom. The summed E-state index contributed by atoms with van der Waals surface area (Å²) in [4.78, 5) is 16.6. The number of aromatic nitrogens is 1. The zero-order valence-electron chi connectivity index (χ0n) is 16.0. The van der Waals surface area contributed by atoms with Crippen LogP contribution in [-0.2, 0) is 11.2 Å². The van der Waals surface area contributed by atoms with Crippen molar-refractivity contribution in [3.63, 3.8) is 0 Å². The first-order chi connectivity index (χ1) is 13.5. The summed E-state index contributed by atoms with van der Waals surface area (Å²) in [6, 6.07) is 13.7. The second kappa shape index (κ2) is 9.17. The van der Waals surface area contributed by atoms with E-state index in [0.29, 0.717) is 42.7 Å². The average molecular weight is 382 g/mol. The monoisotopic (exact) mass is 382 g/mol. The molecule has 0 aliphatic carbocycles. The first-order valence-electron chi connectivity index (χ1n) is 9.19. The molecule has 2 aromatic carbocycles. The molecular weight excluding hydrogens is 359 g/mol. The van der Waals surface area contributed by atoms with Crippen LogP contribution in [0.15, 0.2) is 52.9 Å². The van der Waals surface area contributed by atoms with Crippen LogP contribution in [-0.4, -0.2) is 24.0 Å². The number of halogens is 1. The highest BCUT2D eigenvalue weighted by molar-refractivity contribution is 5.78. The van der Waals surface area contributed by atoms with Crippen LogP contribution in [0.4, 0.5) is 4.39 Å². The van der Waals surface area contributed by atoms with Crippen LogP contribution < -0.4 is 10.1 Å². The summed E-state index contributed by atoms with van der Waals surface area (Å²) in [5.41, 5.74) is 2.68. The van der Waals surface area contributed by atoms with Crippen molar-refractivity contribution >= 4 is 5.91 Å². The number of rotatable bonds is 8. The third kappa shape index (κ3) is 5.42. The minimum atomic E-state index is -0.298. The summed E-state index contributed by atoms with van der Waals surface area (Å²) in [6.45, 7) is 4.75. The van der Waals surface area contributed by atoms with Crippen molar-refractivity contribution in [2.24, 2.45) is 0 Å². The lowest BCUT2D eigenvalue weighted by atomic mass is 10.1. The standard InChI is InChI=1S/C22H23FN2O3/c1-15-4-6-17(7-5-15)22-25-20(16(2)28-22)14-21(26)24-12-3-13-27-19-10-8-18(23)9-11-19/h4-11H,3,12-14H2,1-2H3,(H,24,26). The predicted molar refractivity (Wildman–Crippen MR) is 105 cm³/mol. The molecular formula is C22H23FN2O3. The molecule has 0 saturated carbocycles. The van der Waals surface area contributed by atoms with Crippen molar-refractivity contribution in [1.82, 2.24) is 10.3 Å². The number of hydrogen-bond donors (Lipinski definition) is 1. The third-order valence-electron chi connectivity index (χ3n) is 4.24. The molecule has 0 aliphatic heterocycles. The number of carbonyl (C=O) groups is 1. The van der Waals surface area contributed by atoms with Gasteiger partial charge < -0.3 is 14.5 Å². The molecule has 5 nitrogen and oxygen atoms in total. The van der Waals surface area contributed by atoms with E-state index >= 15 is 0 Å². The summed E-state index contributed by atoms with van der Waals surface area (Å²) in [5.74, 6) is 1.36. The first-order valence-corrected chi connectivity index (χ1v) is 9.19. The SMILES string of the molecule is Cc1ccc(-c2nc(CC(=O)NCCCOc3ccc(F)cc3)c(C)o2)cc1. The fourth-order valence-electron chi connectivity index (χ4n) is 2.65. The van der Waals surface area contributed by atoms with Crippen LogP contribution in [0.5, 0.6) is 5.75 Å². The quantitative estimate of drug-likeness (QED) is 0.592. The van der Waals surface area contributed by atoms with Crippen molar-refractivity contribution in [1.29, 1.82) is 0 Å². The predicted octanol–water partition coefficient (Wildman–Crippen LogP) is 4.23. The van der Waals surface area contributed by atoms with Gasteiger partial charge >= 0.3 is 0 Å². The van der Waals surface area contributed by atoms with Gasteiger partial charge in [-0.15, -0.1) is 0 Å². The summed E-state index contributed by atoms with van der Waals surface area (Å²) in [7, 11) is 0. The molecule has 0 saturated heterocycles. The third-order valence-corrected chi connectivity index (χ3v) is 4.24. The van der Waals surface area contributed by atoms with Gasteiger partial charge in [0.25, 0.3) is 0 Å². The molecule has 1 aromatic heterocycles. The zero-order valence-corrected chi connectivity index (χ0v) is 16.0. The summed E-state index contributed by atoms with van der Waals surface area (Å²) in [6.07, 6.45) is 0.815. The number of oxazole rings is 1. The van der Waals surface area contributed by atoms with Gasteiger partial charge in [-0.25, -0.2) is 9.37 Å².